The molecule has 0 aromatic heterocycles. The van der Waals surface area contributed by atoms with E-state index >= 15 is 0 Å². The van der Waals surface area contributed by atoms with Crippen LogP contribution in [0.4, 0.5) is 0 Å². The number of unbranched alkanes of at least 4 members (excludes halogenated alkanes) is 25. The zero-order valence-corrected chi connectivity index (χ0v) is 32.8. The Bertz CT molecular complexity index is 802. The fourth-order valence-corrected chi connectivity index (χ4v) is 7.23. The summed E-state index contributed by atoms with van der Waals surface area (Å²) < 4.78 is 6.09. The number of carbonyl (C=O) groups excluding carboxylic acids is 2. The van der Waals surface area contributed by atoms with E-state index in [0.29, 0.717) is 13.0 Å². The SMILES string of the molecule is CCCCCCCCCCCCCCCCCC(=O)N(CCCCCCCCCCCCCC)[C@@H]1O[C@H](CO)[C@@H](O)[C@H](O)[C@H]1NC(=O)CNC. The Morgan fingerprint density at radius 2 is 1.00 bits per heavy atom. The van der Waals surface area contributed by atoms with Crippen molar-refractivity contribution in [2.45, 2.75) is 224 Å². The van der Waals surface area contributed by atoms with Crippen LogP contribution in [0.1, 0.15) is 194 Å². The van der Waals surface area contributed by atoms with Crippen LogP contribution in [0.2, 0.25) is 0 Å². The fraction of sp³-hybridized carbons (Fsp3) is 0.951. The second kappa shape index (κ2) is 32.4. The Kier molecular flexibility index (Phi) is 30.3. The minimum atomic E-state index is -1.38. The largest absolute Gasteiger partial charge is 0.394 e. The molecular weight excluding hydrogens is 630 g/mol. The summed E-state index contributed by atoms with van der Waals surface area (Å²) in [6, 6.07) is -1.00. The Morgan fingerprint density at radius 1 is 0.600 bits per heavy atom. The van der Waals surface area contributed by atoms with Gasteiger partial charge in [0.25, 0.3) is 0 Å². The number of hydrogen-bond acceptors (Lipinski definition) is 7. The van der Waals surface area contributed by atoms with Crippen molar-refractivity contribution in [2.24, 2.45) is 0 Å². The molecule has 0 spiro atoms. The summed E-state index contributed by atoms with van der Waals surface area (Å²) in [5, 5.41) is 37.2. The highest BCUT2D eigenvalue weighted by Gasteiger charge is 2.48. The Labute approximate surface area is 307 Å². The second-order valence-electron chi connectivity index (χ2n) is 15.0. The van der Waals surface area contributed by atoms with Gasteiger partial charge in [-0.3, -0.25) is 9.59 Å². The Hall–Kier alpha value is -1.26. The third-order valence-electron chi connectivity index (χ3n) is 10.4. The zero-order valence-electron chi connectivity index (χ0n) is 32.8. The lowest BCUT2D eigenvalue weighted by Gasteiger charge is -2.47. The maximum absolute atomic E-state index is 13.8. The van der Waals surface area contributed by atoms with Crippen molar-refractivity contribution in [3.8, 4) is 0 Å². The van der Waals surface area contributed by atoms with Gasteiger partial charge in [0.15, 0.2) is 6.23 Å². The molecule has 9 nitrogen and oxygen atoms in total. The van der Waals surface area contributed by atoms with Crippen molar-refractivity contribution in [1.82, 2.24) is 15.5 Å². The molecule has 1 heterocycles. The molecule has 5 atom stereocenters. The molecule has 0 bridgehead atoms. The molecular formula is C41H81N3O6. The molecule has 0 radical (unpaired) electrons. The van der Waals surface area contributed by atoms with E-state index in [0.717, 1.165) is 38.5 Å². The third kappa shape index (κ3) is 22.0. The molecule has 0 unspecified atom stereocenters. The summed E-state index contributed by atoms with van der Waals surface area (Å²) in [6.07, 6.45) is 29.0. The molecule has 50 heavy (non-hydrogen) atoms. The van der Waals surface area contributed by atoms with E-state index in [9.17, 15) is 24.9 Å². The van der Waals surface area contributed by atoms with Gasteiger partial charge in [-0.15, -0.1) is 0 Å². The van der Waals surface area contributed by atoms with E-state index in [1.54, 1.807) is 11.9 Å². The van der Waals surface area contributed by atoms with Crippen molar-refractivity contribution in [3.63, 3.8) is 0 Å². The molecule has 9 heteroatoms. The van der Waals surface area contributed by atoms with Gasteiger partial charge in [0, 0.05) is 13.0 Å². The molecule has 0 aromatic rings. The number of carbonyl (C=O) groups is 2. The summed E-state index contributed by atoms with van der Waals surface area (Å²) in [4.78, 5) is 28.0. The minimum absolute atomic E-state index is 0.0290. The Morgan fingerprint density at radius 3 is 1.40 bits per heavy atom. The van der Waals surface area contributed by atoms with Gasteiger partial charge in [-0.05, 0) is 19.9 Å². The molecule has 1 fully saturated rings. The summed E-state index contributed by atoms with van der Waals surface area (Å²) in [5.41, 5.74) is 0. The molecule has 1 saturated heterocycles. The monoisotopic (exact) mass is 712 g/mol. The van der Waals surface area contributed by atoms with Crippen molar-refractivity contribution < 1.29 is 29.6 Å². The van der Waals surface area contributed by atoms with Crippen LogP contribution >= 0.6 is 0 Å². The van der Waals surface area contributed by atoms with E-state index in [-0.39, 0.29) is 18.4 Å². The molecule has 296 valence electrons. The highest BCUT2D eigenvalue weighted by molar-refractivity contribution is 5.79. The molecule has 1 rings (SSSR count). The quantitative estimate of drug-likeness (QED) is 0.0429. The molecule has 5 N–H and O–H groups in total. The van der Waals surface area contributed by atoms with Crippen molar-refractivity contribution in [1.29, 1.82) is 0 Å². The van der Waals surface area contributed by atoms with E-state index in [1.165, 1.54) is 135 Å². The predicted molar refractivity (Wildman–Crippen MR) is 206 cm³/mol. The van der Waals surface area contributed by atoms with Crippen LogP contribution in [0.25, 0.3) is 0 Å². The zero-order chi connectivity index (χ0) is 36.7. The van der Waals surface area contributed by atoms with Gasteiger partial charge in [0.2, 0.25) is 11.8 Å². The predicted octanol–water partition coefficient (Wildman–Crippen LogP) is 7.92. The number of ether oxygens (including phenoxy) is 1. The van der Waals surface area contributed by atoms with Gasteiger partial charge in [0.05, 0.1) is 13.2 Å². The molecule has 0 aliphatic carbocycles. The molecule has 0 aromatic carbocycles. The normalized spacial score (nSPS) is 20.6. The maximum atomic E-state index is 13.8. The lowest BCUT2D eigenvalue weighted by molar-refractivity contribution is -0.231. The number of aliphatic hydroxyl groups is 3. The van der Waals surface area contributed by atoms with Gasteiger partial charge < -0.3 is 35.6 Å². The van der Waals surface area contributed by atoms with Crippen LogP contribution in [0, 0.1) is 0 Å². The van der Waals surface area contributed by atoms with E-state index in [4.69, 9.17) is 4.74 Å². The number of rotatable bonds is 34. The average molecular weight is 712 g/mol. The van der Waals surface area contributed by atoms with Crippen LogP contribution in [-0.2, 0) is 14.3 Å². The number of aliphatic hydroxyl groups excluding tert-OH is 3. The highest BCUT2D eigenvalue weighted by atomic mass is 16.5. The van der Waals surface area contributed by atoms with Gasteiger partial charge >= 0.3 is 0 Å². The third-order valence-corrected chi connectivity index (χ3v) is 10.4. The number of hydrogen-bond donors (Lipinski definition) is 5. The summed E-state index contributed by atoms with van der Waals surface area (Å²) >= 11 is 0. The number of nitrogens with zero attached hydrogens (tertiary/aromatic N) is 1. The van der Waals surface area contributed by atoms with Gasteiger partial charge in [-0.1, -0.05) is 174 Å². The van der Waals surface area contributed by atoms with Crippen LogP contribution in [0.5, 0.6) is 0 Å². The second-order valence-corrected chi connectivity index (χ2v) is 15.0. The number of nitrogens with one attached hydrogen (secondary N) is 2. The van der Waals surface area contributed by atoms with Crippen LogP contribution in [0.3, 0.4) is 0 Å². The molecule has 1 aliphatic rings. The molecule has 2 amide bonds. The smallest absolute Gasteiger partial charge is 0.234 e. The van der Waals surface area contributed by atoms with Crippen LogP contribution < -0.4 is 10.6 Å². The first-order valence-electron chi connectivity index (χ1n) is 21.3. The van der Waals surface area contributed by atoms with Crippen molar-refractivity contribution in [2.75, 3.05) is 26.7 Å². The molecule has 1 aliphatic heterocycles. The average Bonchev–Trinajstić information content (AvgIpc) is 3.11. The van der Waals surface area contributed by atoms with Gasteiger partial charge in [-0.25, -0.2) is 0 Å². The summed E-state index contributed by atoms with van der Waals surface area (Å²) in [7, 11) is 1.65. The summed E-state index contributed by atoms with van der Waals surface area (Å²) in [5.74, 6) is -0.430. The minimum Gasteiger partial charge on any atom is -0.394 e. The van der Waals surface area contributed by atoms with Gasteiger partial charge in [0.1, 0.15) is 24.4 Å². The first kappa shape index (κ1) is 46.8. The van der Waals surface area contributed by atoms with E-state index in [2.05, 4.69) is 24.5 Å². The topological polar surface area (TPSA) is 131 Å². The number of amides is 2. The lowest BCUT2D eigenvalue weighted by Crippen LogP contribution is -2.69. The standard InChI is InChI=1S/C41H81N3O6/c1-4-6-8-10-12-14-16-18-19-20-21-23-25-27-29-31-37(47)44(32-30-28-26-24-22-17-15-13-11-9-7-5-2)41-38(43-36(46)33-42-3)40(49)39(48)35(34-45)50-41/h35,38-42,45,48-49H,4-34H2,1-3H3,(H,43,46)/t35-,38-,39-,40-,41-/m1/s1. The van der Waals surface area contributed by atoms with E-state index in [1.807, 2.05) is 0 Å². The van der Waals surface area contributed by atoms with Crippen molar-refractivity contribution >= 4 is 11.8 Å². The van der Waals surface area contributed by atoms with Crippen LogP contribution in [0.15, 0.2) is 0 Å². The maximum Gasteiger partial charge on any atom is 0.234 e. The molecule has 0 saturated carbocycles. The lowest BCUT2D eigenvalue weighted by atomic mass is 9.94. The van der Waals surface area contributed by atoms with Crippen LogP contribution in [-0.4, -0.2) is 89.4 Å². The summed E-state index contributed by atoms with van der Waals surface area (Å²) in [6.45, 7) is 4.49. The van der Waals surface area contributed by atoms with Crippen molar-refractivity contribution in [3.05, 3.63) is 0 Å². The van der Waals surface area contributed by atoms with E-state index < -0.39 is 37.2 Å². The first-order valence-corrected chi connectivity index (χ1v) is 21.3. The van der Waals surface area contributed by atoms with Gasteiger partial charge in [-0.2, -0.15) is 0 Å². The highest BCUT2D eigenvalue weighted by Crippen LogP contribution is 2.26. The number of likely N-dealkylation sites (N-methyl/N-ethyl adjacent to an activating group) is 1. The Balaban J connectivity index is 2.58. The fourth-order valence-electron chi connectivity index (χ4n) is 7.23. The first-order chi connectivity index (χ1) is 24.4.